The third-order valence-electron chi connectivity index (χ3n) is 0.865. The SMILES string of the molecule is C=CCNP1OCCO1. The summed E-state index contributed by atoms with van der Waals surface area (Å²) in [6.07, 6.45) is 1.79. The summed E-state index contributed by atoms with van der Waals surface area (Å²) in [6, 6.07) is 0. The average Bonchev–Trinajstić information content (AvgIpc) is 2.34. The van der Waals surface area contributed by atoms with Crippen molar-refractivity contribution >= 4 is 8.53 Å². The molecule has 0 radical (unpaired) electrons. The van der Waals surface area contributed by atoms with Gasteiger partial charge in [-0.1, -0.05) is 6.08 Å². The molecule has 1 aliphatic heterocycles. The van der Waals surface area contributed by atoms with Crippen molar-refractivity contribution in [3.63, 3.8) is 0 Å². The lowest BCUT2D eigenvalue weighted by atomic mass is 10.7. The Morgan fingerprint density at radius 2 is 2.22 bits per heavy atom. The molecule has 1 fully saturated rings. The molecular weight excluding hydrogens is 137 g/mol. The molecule has 3 nitrogen and oxygen atoms in total. The second-order valence-electron chi connectivity index (χ2n) is 1.57. The summed E-state index contributed by atoms with van der Waals surface area (Å²) in [5.41, 5.74) is 0. The summed E-state index contributed by atoms with van der Waals surface area (Å²) in [5, 5.41) is 3.03. The highest BCUT2D eigenvalue weighted by molar-refractivity contribution is 7.45. The minimum atomic E-state index is -0.772. The molecular formula is C5H10NO2P. The molecule has 1 aliphatic rings. The smallest absolute Gasteiger partial charge is 0.256 e. The largest absolute Gasteiger partial charge is 0.320 e. The van der Waals surface area contributed by atoms with E-state index in [9.17, 15) is 0 Å². The van der Waals surface area contributed by atoms with Crippen LogP contribution in [0.1, 0.15) is 0 Å². The molecule has 1 heterocycles. The molecule has 1 N–H and O–H groups in total. The molecule has 0 aliphatic carbocycles. The maximum absolute atomic E-state index is 5.14. The van der Waals surface area contributed by atoms with Gasteiger partial charge in [-0.3, -0.25) is 0 Å². The van der Waals surface area contributed by atoms with Gasteiger partial charge in [-0.05, 0) is 0 Å². The summed E-state index contributed by atoms with van der Waals surface area (Å²) in [6.45, 7) is 5.75. The van der Waals surface area contributed by atoms with Gasteiger partial charge in [0.2, 0.25) is 0 Å². The summed E-state index contributed by atoms with van der Waals surface area (Å²) in [7, 11) is -0.772. The molecule has 1 saturated heterocycles. The molecule has 0 amide bonds. The van der Waals surface area contributed by atoms with E-state index in [1.807, 2.05) is 0 Å². The van der Waals surface area contributed by atoms with Crippen molar-refractivity contribution in [1.29, 1.82) is 0 Å². The van der Waals surface area contributed by atoms with Crippen molar-refractivity contribution in [2.24, 2.45) is 0 Å². The first-order valence-corrected chi connectivity index (χ1v) is 4.01. The van der Waals surface area contributed by atoms with E-state index >= 15 is 0 Å². The predicted molar refractivity (Wildman–Crippen MR) is 37.0 cm³/mol. The van der Waals surface area contributed by atoms with Crippen LogP contribution < -0.4 is 5.09 Å². The Morgan fingerprint density at radius 1 is 1.56 bits per heavy atom. The molecule has 1 rings (SSSR count). The molecule has 52 valence electrons. The van der Waals surface area contributed by atoms with Crippen LogP contribution in [-0.2, 0) is 9.05 Å². The van der Waals surface area contributed by atoms with Gasteiger partial charge in [0.25, 0.3) is 8.53 Å². The highest BCUT2D eigenvalue weighted by Gasteiger charge is 2.14. The minimum absolute atomic E-state index is 0.718. The van der Waals surface area contributed by atoms with Gasteiger partial charge in [0.1, 0.15) is 0 Å². The van der Waals surface area contributed by atoms with Gasteiger partial charge in [0, 0.05) is 6.54 Å². The zero-order valence-electron chi connectivity index (χ0n) is 5.17. The molecule has 0 aromatic heterocycles. The molecule has 0 aromatic carbocycles. The second kappa shape index (κ2) is 3.96. The Morgan fingerprint density at radius 3 is 2.78 bits per heavy atom. The lowest BCUT2D eigenvalue weighted by Crippen LogP contribution is -2.05. The fourth-order valence-corrected chi connectivity index (χ4v) is 1.52. The summed E-state index contributed by atoms with van der Waals surface area (Å²) < 4.78 is 10.3. The number of hydrogen-bond acceptors (Lipinski definition) is 3. The topological polar surface area (TPSA) is 30.5 Å². The standard InChI is InChI=1S/C5H10NO2P/c1-2-3-6-9-7-4-5-8-9/h2,6H,1,3-5H2. The average molecular weight is 147 g/mol. The van der Waals surface area contributed by atoms with E-state index in [4.69, 9.17) is 9.05 Å². The Kier molecular flexibility index (Phi) is 3.15. The first-order valence-electron chi connectivity index (χ1n) is 2.84. The van der Waals surface area contributed by atoms with Crippen LogP contribution in [0.5, 0.6) is 0 Å². The molecule has 4 heteroatoms. The van der Waals surface area contributed by atoms with Gasteiger partial charge in [0.15, 0.2) is 0 Å². The van der Waals surface area contributed by atoms with Crippen molar-refractivity contribution in [3.8, 4) is 0 Å². The van der Waals surface area contributed by atoms with E-state index in [1.54, 1.807) is 6.08 Å². The molecule has 0 bridgehead atoms. The molecule has 9 heavy (non-hydrogen) atoms. The number of nitrogens with one attached hydrogen (secondary N) is 1. The van der Waals surface area contributed by atoms with E-state index in [0.717, 1.165) is 19.8 Å². The molecule has 0 atom stereocenters. The van der Waals surface area contributed by atoms with E-state index in [2.05, 4.69) is 11.7 Å². The summed E-state index contributed by atoms with van der Waals surface area (Å²) in [5.74, 6) is 0. The van der Waals surface area contributed by atoms with Crippen LogP contribution in [0.25, 0.3) is 0 Å². The maximum Gasteiger partial charge on any atom is 0.256 e. The zero-order chi connectivity index (χ0) is 6.53. The van der Waals surface area contributed by atoms with Crippen LogP contribution >= 0.6 is 8.53 Å². The van der Waals surface area contributed by atoms with Crippen molar-refractivity contribution in [2.75, 3.05) is 19.8 Å². The molecule has 0 aromatic rings. The Balaban J connectivity index is 2.04. The first-order chi connectivity index (χ1) is 4.43. The van der Waals surface area contributed by atoms with Gasteiger partial charge in [-0.25, -0.2) is 5.09 Å². The van der Waals surface area contributed by atoms with Gasteiger partial charge in [-0.15, -0.1) is 6.58 Å². The van der Waals surface area contributed by atoms with Crippen molar-refractivity contribution in [3.05, 3.63) is 12.7 Å². The van der Waals surface area contributed by atoms with Gasteiger partial charge in [-0.2, -0.15) is 0 Å². The third-order valence-corrected chi connectivity index (χ3v) is 2.14. The van der Waals surface area contributed by atoms with E-state index < -0.39 is 8.53 Å². The Hall–Kier alpha value is 0.0500. The predicted octanol–water partition coefficient (Wildman–Crippen LogP) is 1.04. The first kappa shape index (κ1) is 7.16. The Bertz CT molecular complexity index is 93.0. The van der Waals surface area contributed by atoms with E-state index in [-0.39, 0.29) is 0 Å². The molecule has 0 spiro atoms. The normalized spacial score (nSPS) is 20.4. The van der Waals surface area contributed by atoms with Gasteiger partial charge >= 0.3 is 0 Å². The van der Waals surface area contributed by atoms with Crippen molar-refractivity contribution in [2.45, 2.75) is 0 Å². The van der Waals surface area contributed by atoms with Gasteiger partial charge < -0.3 is 9.05 Å². The van der Waals surface area contributed by atoms with Crippen LogP contribution in [0, 0.1) is 0 Å². The van der Waals surface area contributed by atoms with Crippen LogP contribution in [0.3, 0.4) is 0 Å². The third kappa shape index (κ3) is 2.41. The van der Waals surface area contributed by atoms with E-state index in [1.165, 1.54) is 0 Å². The van der Waals surface area contributed by atoms with Crippen LogP contribution in [0.2, 0.25) is 0 Å². The minimum Gasteiger partial charge on any atom is -0.320 e. The Labute approximate surface area is 56.0 Å². The summed E-state index contributed by atoms with van der Waals surface area (Å²) in [4.78, 5) is 0. The lowest BCUT2D eigenvalue weighted by molar-refractivity contribution is 0.365. The van der Waals surface area contributed by atoms with Crippen LogP contribution in [0.15, 0.2) is 12.7 Å². The fourth-order valence-electron chi connectivity index (χ4n) is 0.508. The quantitative estimate of drug-likeness (QED) is 0.477. The second-order valence-corrected chi connectivity index (χ2v) is 2.92. The van der Waals surface area contributed by atoms with Gasteiger partial charge in [0.05, 0.1) is 13.2 Å². The fraction of sp³-hybridized carbons (Fsp3) is 0.600. The number of hydrogen-bond donors (Lipinski definition) is 1. The van der Waals surface area contributed by atoms with Crippen LogP contribution in [-0.4, -0.2) is 19.8 Å². The monoisotopic (exact) mass is 147 g/mol. The van der Waals surface area contributed by atoms with E-state index in [0.29, 0.717) is 0 Å². The van der Waals surface area contributed by atoms with Crippen molar-refractivity contribution < 1.29 is 9.05 Å². The number of rotatable bonds is 3. The molecule has 0 saturated carbocycles. The lowest BCUT2D eigenvalue weighted by Gasteiger charge is -2.05. The molecule has 0 unspecified atom stereocenters. The summed E-state index contributed by atoms with van der Waals surface area (Å²) >= 11 is 0. The van der Waals surface area contributed by atoms with Crippen LogP contribution in [0.4, 0.5) is 0 Å². The van der Waals surface area contributed by atoms with Crippen molar-refractivity contribution in [1.82, 2.24) is 5.09 Å². The zero-order valence-corrected chi connectivity index (χ0v) is 6.06. The highest BCUT2D eigenvalue weighted by Crippen LogP contribution is 2.37. The maximum atomic E-state index is 5.14. The highest BCUT2D eigenvalue weighted by atomic mass is 31.2.